The van der Waals surface area contributed by atoms with Crippen LogP contribution in [-0.2, 0) is 10.5 Å². The molecular formula is C14H17N3O2S. The molecule has 106 valence electrons. The summed E-state index contributed by atoms with van der Waals surface area (Å²) in [5.74, 6) is 0.525. The van der Waals surface area contributed by atoms with Crippen LogP contribution in [0.25, 0.3) is 5.69 Å². The number of aliphatic carboxylic acids is 1. The molecule has 0 aliphatic carbocycles. The predicted octanol–water partition coefficient (Wildman–Crippen LogP) is 1.91. The van der Waals surface area contributed by atoms with Gasteiger partial charge in [-0.3, -0.25) is 4.79 Å². The Morgan fingerprint density at radius 3 is 2.80 bits per heavy atom. The summed E-state index contributed by atoms with van der Waals surface area (Å²) in [7, 11) is 0. The minimum absolute atomic E-state index is 0.472. The van der Waals surface area contributed by atoms with E-state index in [9.17, 15) is 4.79 Å². The molecule has 0 spiro atoms. The smallest absolute Gasteiger partial charge is 0.320 e. The lowest BCUT2D eigenvalue weighted by atomic mass is 10.2. The lowest BCUT2D eigenvalue weighted by Gasteiger charge is -2.04. The van der Waals surface area contributed by atoms with Gasteiger partial charge in [0, 0.05) is 11.9 Å². The molecule has 0 radical (unpaired) electrons. The zero-order valence-electron chi connectivity index (χ0n) is 11.0. The Morgan fingerprint density at radius 1 is 1.35 bits per heavy atom. The maximum Gasteiger partial charge on any atom is 0.320 e. The quantitative estimate of drug-likeness (QED) is 0.762. The van der Waals surface area contributed by atoms with E-state index in [-0.39, 0.29) is 0 Å². The average Bonchev–Trinajstić information content (AvgIpc) is 2.93. The van der Waals surface area contributed by atoms with E-state index < -0.39 is 12.0 Å². The van der Waals surface area contributed by atoms with E-state index in [4.69, 9.17) is 10.8 Å². The van der Waals surface area contributed by atoms with Gasteiger partial charge < -0.3 is 10.8 Å². The van der Waals surface area contributed by atoms with Crippen molar-refractivity contribution in [3.8, 4) is 5.69 Å². The van der Waals surface area contributed by atoms with Crippen molar-refractivity contribution < 1.29 is 9.90 Å². The first-order valence-electron chi connectivity index (χ1n) is 6.33. The van der Waals surface area contributed by atoms with Gasteiger partial charge in [-0.2, -0.15) is 16.9 Å². The van der Waals surface area contributed by atoms with E-state index in [1.807, 2.05) is 47.3 Å². The third-order valence-electron chi connectivity index (χ3n) is 2.81. The molecule has 6 heteroatoms. The Hall–Kier alpha value is -1.79. The number of benzene rings is 1. The van der Waals surface area contributed by atoms with Crippen molar-refractivity contribution in [2.24, 2.45) is 5.73 Å². The van der Waals surface area contributed by atoms with Crippen LogP contribution in [0.3, 0.4) is 0 Å². The molecule has 5 nitrogen and oxygen atoms in total. The normalized spacial score (nSPS) is 12.2. The summed E-state index contributed by atoms with van der Waals surface area (Å²) in [5, 5.41) is 13.2. The van der Waals surface area contributed by atoms with Crippen molar-refractivity contribution >= 4 is 17.7 Å². The van der Waals surface area contributed by atoms with E-state index in [1.165, 1.54) is 0 Å². The van der Waals surface area contributed by atoms with E-state index in [1.54, 1.807) is 11.8 Å². The summed E-state index contributed by atoms with van der Waals surface area (Å²) in [6, 6.07) is 11.1. The third kappa shape index (κ3) is 4.11. The van der Waals surface area contributed by atoms with Gasteiger partial charge in [0.15, 0.2) is 0 Å². The minimum Gasteiger partial charge on any atom is -0.480 e. The zero-order chi connectivity index (χ0) is 14.4. The van der Waals surface area contributed by atoms with E-state index >= 15 is 0 Å². The summed E-state index contributed by atoms with van der Waals surface area (Å²) in [5.41, 5.74) is 7.44. The molecule has 2 rings (SSSR count). The number of carboxylic acids is 1. The number of rotatable bonds is 7. The highest BCUT2D eigenvalue weighted by atomic mass is 32.2. The molecule has 1 atom stereocenters. The van der Waals surface area contributed by atoms with Crippen LogP contribution in [0, 0.1) is 0 Å². The van der Waals surface area contributed by atoms with Gasteiger partial charge in [-0.15, -0.1) is 0 Å². The zero-order valence-corrected chi connectivity index (χ0v) is 11.8. The largest absolute Gasteiger partial charge is 0.480 e. The Kier molecular flexibility index (Phi) is 5.20. The molecule has 1 heterocycles. The maximum absolute atomic E-state index is 10.6. The van der Waals surface area contributed by atoms with Crippen LogP contribution in [-0.4, -0.2) is 32.7 Å². The molecule has 2 aromatic rings. The van der Waals surface area contributed by atoms with E-state index in [2.05, 4.69) is 5.10 Å². The first-order valence-corrected chi connectivity index (χ1v) is 7.48. The van der Waals surface area contributed by atoms with Gasteiger partial charge in [0.05, 0.1) is 11.4 Å². The molecule has 0 bridgehead atoms. The lowest BCUT2D eigenvalue weighted by Crippen LogP contribution is -2.30. The lowest BCUT2D eigenvalue weighted by molar-refractivity contribution is -0.138. The van der Waals surface area contributed by atoms with Crippen LogP contribution in [0.1, 0.15) is 12.1 Å². The van der Waals surface area contributed by atoms with Crippen molar-refractivity contribution in [1.82, 2.24) is 9.78 Å². The van der Waals surface area contributed by atoms with Gasteiger partial charge in [-0.25, -0.2) is 4.68 Å². The Balaban J connectivity index is 1.81. The molecule has 20 heavy (non-hydrogen) atoms. The number of para-hydroxylation sites is 1. The Bertz CT molecular complexity index is 557. The summed E-state index contributed by atoms with van der Waals surface area (Å²) >= 11 is 1.64. The predicted molar refractivity (Wildman–Crippen MR) is 80.0 cm³/mol. The van der Waals surface area contributed by atoms with Crippen LogP contribution in [0.2, 0.25) is 0 Å². The van der Waals surface area contributed by atoms with E-state index in [0.29, 0.717) is 12.2 Å². The standard InChI is InChI=1S/C14H17N3O2S/c15-13(14(18)19)7-9-20-10-11-6-8-17(16-11)12-4-2-1-3-5-12/h1-6,8,13H,7,9-10,15H2,(H,18,19). The second-order valence-electron chi connectivity index (χ2n) is 4.37. The second-order valence-corrected chi connectivity index (χ2v) is 5.48. The van der Waals surface area contributed by atoms with Crippen LogP contribution in [0.5, 0.6) is 0 Å². The number of carboxylic acid groups (broad SMARTS) is 1. The number of aromatic nitrogens is 2. The molecule has 1 unspecified atom stereocenters. The Morgan fingerprint density at radius 2 is 2.10 bits per heavy atom. The molecule has 0 aliphatic rings. The molecule has 0 fully saturated rings. The van der Waals surface area contributed by atoms with Gasteiger partial charge in [0.2, 0.25) is 0 Å². The van der Waals surface area contributed by atoms with Crippen molar-refractivity contribution in [1.29, 1.82) is 0 Å². The van der Waals surface area contributed by atoms with Gasteiger partial charge >= 0.3 is 5.97 Å². The average molecular weight is 291 g/mol. The van der Waals surface area contributed by atoms with Gasteiger partial charge in [-0.05, 0) is 30.4 Å². The molecular weight excluding hydrogens is 274 g/mol. The third-order valence-corrected chi connectivity index (χ3v) is 3.83. The number of nitrogens with zero attached hydrogens (tertiary/aromatic N) is 2. The van der Waals surface area contributed by atoms with Gasteiger partial charge in [0.25, 0.3) is 0 Å². The summed E-state index contributed by atoms with van der Waals surface area (Å²) in [6.45, 7) is 0. The highest BCUT2D eigenvalue weighted by Gasteiger charge is 2.10. The number of hydrogen-bond donors (Lipinski definition) is 2. The maximum atomic E-state index is 10.6. The number of thioether (sulfide) groups is 1. The topological polar surface area (TPSA) is 81.1 Å². The molecule has 1 aromatic heterocycles. The fraction of sp³-hybridized carbons (Fsp3) is 0.286. The molecule has 3 N–H and O–H groups in total. The van der Waals surface area contributed by atoms with Crippen molar-refractivity contribution in [2.75, 3.05) is 5.75 Å². The summed E-state index contributed by atoms with van der Waals surface area (Å²) in [4.78, 5) is 10.6. The first-order chi connectivity index (χ1) is 9.66. The van der Waals surface area contributed by atoms with Crippen molar-refractivity contribution in [3.63, 3.8) is 0 Å². The van der Waals surface area contributed by atoms with Crippen molar-refractivity contribution in [3.05, 3.63) is 48.3 Å². The fourth-order valence-electron chi connectivity index (χ4n) is 1.67. The minimum atomic E-state index is -0.945. The van der Waals surface area contributed by atoms with Gasteiger partial charge in [0.1, 0.15) is 6.04 Å². The van der Waals surface area contributed by atoms with Crippen molar-refractivity contribution in [2.45, 2.75) is 18.2 Å². The van der Waals surface area contributed by atoms with E-state index in [0.717, 1.165) is 17.1 Å². The van der Waals surface area contributed by atoms with Crippen LogP contribution in [0.4, 0.5) is 0 Å². The van der Waals surface area contributed by atoms with Gasteiger partial charge in [-0.1, -0.05) is 18.2 Å². The molecule has 0 saturated carbocycles. The number of carbonyl (C=O) groups is 1. The molecule has 0 aliphatic heterocycles. The second kappa shape index (κ2) is 7.12. The monoisotopic (exact) mass is 291 g/mol. The number of hydrogen-bond acceptors (Lipinski definition) is 4. The highest BCUT2D eigenvalue weighted by Crippen LogP contribution is 2.14. The molecule has 0 saturated heterocycles. The SMILES string of the molecule is NC(CCSCc1ccn(-c2ccccc2)n1)C(=O)O. The first kappa shape index (κ1) is 14.6. The summed E-state index contributed by atoms with van der Waals surface area (Å²) < 4.78 is 1.83. The fourth-order valence-corrected chi connectivity index (χ4v) is 2.60. The van der Waals surface area contributed by atoms with Crippen LogP contribution >= 0.6 is 11.8 Å². The van der Waals surface area contributed by atoms with Crippen LogP contribution < -0.4 is 5.73 Å². The number of nitrogens with two attached hydrogens (primary N) is 1. The summed E-state index contributed by atoms with van der Waals surface area (Å²) in [6.07, 6.45) is 2.40. The highest BCUT2D eigenvalue weighted by molar-refractivity contribution is 7.98. The van der Waals surface area contributed by atoms with Crippen LogP contribution in [0.15, 0.2) is 42.6 Å². The molecule has 0 amide bonds. The molecule has 1 aromatic carbocycles. The Labute approximate surface area is 121 Å².